The molecular weight excluding hydrogens is 226 g/mol. The number of hydrogen-bond acceptors (Lipinski definition) is 3. The standard InChI is InChI=1S/C14H21N3O/c1-11-7-16-17(9-11)10-13-12(5-6-18-13)8-15-14(2,3)4/h5-7,9,15H,8,10H2,1-4H3. The van der Waals surface area contributed by atoms with Gasteiger partial charge in [0.05, 0.1) is 19.0 Å². The van der Waals surface area contributed by atoms with Gasteiger partial charge in [0.2, 0.25) is 0 Å². The van der Waals surface area contributed by atoms with Crippen LogP contribution in [0, 0.1) is 6.92 Å². The van der Waals surface area contributed by atoms with Crippen molar-refractivity contribution in [2.45, 2.75) is 46.3 Å². The molecule has 4 nitrogen and oxygen atoms in total. The second kappa shape index (κ2) is 4.98. The van der Waals surface area contributed by atoms with Crippen molar-refractivity contribution in [3.05, 3.63) is 41.6 Å². The molecule has 0 spiro atoms. The molecule has 4 heteroatoms. The molecule has 0 aliphatic heterocycles. The lowest BCUT2D eigenvalue weighted by Crippen LogP contribution is -2.35. The van der Waals surface area contributed by atoms with Crippen molar-refractivity contribution in [1.82, 2.24) is 15.1 Å². The van der Waals surface area contributed by atoms with Gasteiger partial charge in [-0.1, -0.05) is 0 Å². The third kappa shape index (κ3) is 3.47. The van der Waals surface area contributed by atoms with Crippen LogP contribution in [0.3, 0.4) is 0 Å². The van der Waals surface area contributed by atoms with Crippen LogP contribution in [0.15, 0.2) is 29.1 Å². The number of hydrogen-bond donors (Lipinski definition) is 1. The number of rotatable bonds is 4. The summed E-state index contributed by atoms with van der Waals surface area (Å²) in [6.45, 7) is 10.0. The topological polar surface area (TPSA) is 43.0 Å². The highest BCUT2D eigenvalue weighted by Gasteiger charge is 2.12. The van der Waals surface area contributed by atoms with E-state index in [4.69, 9.17) is 4.42 Å². The first-order valence-electron chi connectivity index (χ1n) is 6.23. The van der Waals surface area contributed by atoms with Gasteiger partial charge in [0.25, 0.3) is 0 Å². The first kappa shape index (κ1) is 12.9. The zero-order valence-corrected chi connectivity index (χ0v) is 11.5. The summed E-state index contributed by atoms with van der Waals surface area (Å²) >= 11 is 0. The Bertz CT molecular complexity index is 505. The van der Waals surface area contributed by atoms with Crippen LogP contribution in [-0.4, -0.2) is 15.3 Å². The van der Waals surface area contributed by atoms with Gasteiger partial charge >= 0.3 is 0 Å². The smallest absolute Gasteiger partial charge is 0.129 e. The molecule has 0 radical (unpaired) electrons. The summed E-state index contributed by atoms with van der Waals surface area (Å²) in [4.78, 5) is 0. The van der Waals surface area contributed by atoms with Gasteiger partial charge in [0.15, 0.2) is 0 Å². The van der Waals surface area contributed by atoms with Gasteiger partial charge in [-0.2, -0.15) is 5.10 Å². The lowest BCUT2D eigenvalue weighted by molar-refractivity contribution is 0.416. The molecule has 0 atom stereocenters. The summed E-state index contributed by atoms with van der Waals surface area (Å²) in [6, 6.07) is 2.02. The van der Waals surface area contributed by atoms with E-state index in [1.807, 2.05) is 30.1 Å². The average molecular weight is 247 g/mol. The average Bonchev–Trinajstić information content (AvgIpc) is 2.85. The largest absolute Gasteiger partial charge is 0.467 e. The van der Waals surface area contributed by atoms with Gasteiger partial charge in [0.1, 0.15) is 5.76 Å². The fourth-order valence-corrected chi connectivity index (χ4v) is 1.72. The molecule has 0 aliphatic rings. The highest BCUT2D eigenvalue weighted by atomic mass is 16.3. The first-order chi connectivity index (χ1) is 8.44. The molecule has 1 N–H and O–H groups in total. The molecule has 0 unspecified atom stereocenters. The Morgan fingerprint density at radius 3 is 2.78 bits per heavy atom. The molecule has 98 valence electrons. The van der Waals surface area contributed by atoms with Crippen LogP contribution in [0.5, 0.6) is 0 Å². The molecule has 0 aromatic carbocycles. The Labute approximate surface area is 108 Å². The maximum absolute atomic E-state index is 5.54. The van der Waals surface area contributed by atoms with Crippen molar-refractivity contribution in [2.24, 2.45) is 0 Å². The van der Waals surface area contributed by atoms with E-state index in [2.05, 4.69) is 31.2 Å². The quantitative estimate of drug-likeness (QED) is 0.903. The third-order valence-corrected chi connectivity index (χ3v) is 2.71. The normalized spacial score (nSPS) is 12.0. The predicted octanol–water partition coefficient (Wildman–Crippen LogP) is 2.72. The Kier molecular flexibility index (Phi) is 3.57. The minimum absolute atomic E-state index is 0.108. The van der Waals surface area contributed by atoms with Crippen LogP contribution in [0.4, 0.5) is 0 Å². The molecule has 0 aliphatic carbocycles. The Hall–Kier alpha value is -1.55. The van der Waals surface area contributed by atoms with Crippen molar-refractivity contribution in [3.63, 3.8) is 0 Å². The molecule has 2 rings (SSSR count). The second-order valence-corrected chi connectivity index (χ2v) is 5.69. The van der Waals surface area contributed by atoms with Gasteiger partial charge in [-0.3, -0.25) is 4.68 Å². The van der Waals surface area contributed by atoms with Gasteiger partial charge < -0.3 is 9.73 Å². The maximum Gasteiger partial charge on any atom is 0.129 e. The molecule has 0 bridgehead atoms. The van der Waals surface area contributed by atoms with E-state index in [0.29, 0.717) is 6.54 Å². The van der Waals surface area contributed by atoms with Gasteiger partial charge in [0, 0.05) is 23.8 Å². The molecule has 0 saturated carbocycles. The predicted molar refractivity (Wildman–Crippen MR) is 71.4 cm³/mol. The lowest BCUT2D eigenvalue weighted by atomic mass is 10.1. The number of aryl methyl sites for hydroxylation is 1. The van der Waals surface area contributed by atoms with Gasteiger partial charge in [-0.15, -0.1) is 0 Å². The third-order valence-electron chi connectivity index (χ3n) is 2.71. The van der Waals surface area contributed by atoms with Gasteiger partial charge in [-0.05, 0) is 39.3 Å². The Balaban J connectivity index is 2.03. The number of nitrogens with zero attached hydrogens (tertiary/aromatic N) is 2. The fourth-order valence-electron chi connectivity index (χ4n) is 1.72. The molecule has 0 saturated heterocycles. The van der Waals surface area contributed by atoms with Crippen LogP contribution >= 0.6 is 0 Å². The fraction of sp³-hybridized carbons (Fsp3) is 0.500. The molecule has 2 heterocycles. The van der Waals surface area contributed by atoms with E-state index >= 15 is 0 Å². The zero-order chi connectivity index (χ0) is 13.2. The monoisotopic (exact) mass is 247 g/mol. The summed E-state index contributed by atoms with van der Waals surface area (Å²) in [5.74, 6) is 0.967. The molecule has 0 fully saturated rings. The van der Waals surface area contributed by atoms with Crippen molar-refractivity contribution in [1.29, 1.82) is 0 Å². The zero-order valence-electron chi connectivity index (χ0n) is 11.5. The summed E-state index contributed by atoms with van der Waals surface area (Å²) in [7, 11) is 0. The van der Waals surface area contributed by atoms with Crippen LogP contribution in [-0.2, 0) is 13.1 Å². The number of aromatic nitrogens is 2. The molecule has 18 heavy (non-hydrogen) atoms. The van der Waals surface area contributed by atoms with Crippen LogP contribution in [0.2, 0.25) is 0 Å². The van der Waals surface area contributed by atoms with E-state index in [0.717, 1.165) is 17.9 Å². The van der Waals surface area contributed by atoms with E-state index in [-0.39, 0.29) is 5.54 Å². The van der Waals surface area contributed by atoms with Crippen molar-refractivity contribution in [2.75, 3.05) is 0 Å². The summed E-state index contributed by atoms with van der Waals surface area (Å²) < 4.78 is 7.44. The maximum atomic E-state index is 5.54. The number of nitrogens with one attached hydrogen (secondary N) is 1. The molecule has 0 amide bonds. The van der Waals surface area contributed by atoms with Crippen molar-refractivity contribution in [3.8, 4) is 0 Å². The van der Waals surface area contributed by atoms with E-state index in [9.17, 15) is 0 Å². The van der Waals surface area contributed by atoms with Crippen molar-refractivity contribution >= 4 is 0 Å². The first-order valence-corrected chi connectivity index (χ1v) is 6.23. The van der Waals surface area contributed by atoms with E-state index < -0.39 is 0 Å². The van der Waals surface area contributed by atoms with Crippen LogP contribution in [0.25, 0.3) is 0 Å². The Morgan fingerprint density at radius 1 is 1.39 bits per heavy atom. The minimum Gasteiger partial charge on any atom is -0.467 e. The second-order valence-electron chi connectivity index (χ2n) is 5.69. The highest BCUT2D eigenvalue weighted by molar-refractivity contribution is 5.17. The SMILES string of the molecule is Cc1cnn(Cc2occc2CNC(C)(C)C)c1. The van der Waals surface area contributed by atoms with Crippen molar-refractivity contribution < 1.29 is 4.42 Å². The molecule has 2 aromatic heterocycles. The summed E-state index contributed by atoms with van der Waals surface area (Å²) in [5, 5.41) is 7.74. The van der Waals surface area contributed by atoms with Crippen LogP contribution < -0.4 is 5.32 Å². The Morgan fingerprint density at radius 2 is 2.17 bits per heavy atom. The summed E-state index contributed by atoms with van der Waals surface area (Å²) in [5.41, 5.74) is 2.46. The lowest BCUT2D eigenvalue weighted by Gasteiger charge is -2.20. The highest BCUT2D eigenvalue weighted by Crippen LogP contribution is 2.13. The van der Waals surface area contributed by atoms with E-state index in [1.165, 1.54) is 5.56 Å². The van der Waals surface area contributed by atoms with E-state index in [1.54, 1.807) is 6.26 Å². The molecule has 2 aromatic rings. The molecular formula is C14H21N3O. The number of furan rings is 1. The van der Waals surface area contributed by atoms with Gasteiger partial charge in [-0.25, -0.2) is 0 Å². The minimum atomic E-state index is 0.108. The summed E-state index contributed by atoms with van der Waals surface area (Å²) in [6.07, 6.45) is 5.62. The van der Waals surface area contributed by atoms with Crippen LogP contribution in [0.1, 0.15) is 37.7 Å².